The average molecular weight is 483 g/mol. The molecule has 0 saturated heterocycles. The number of amides is 2. The van der Waals surface area contributed by atoms with Crippen LogP contribution in [0.5, 0.6) is 11.5 Å². The Morgan fingerprint density at radius 3 is 2.61 bits per heavy atom. The van der Waals surface area contributed by atoms with E-state index in [2.05, 4.69) is 21.2 Å². The van der Waals surface area contributed by atoms with Gasteiger partial charge in [-0.15, -0.1) is 0 Å². The Hall–Kier alpha value is -3.39. The van der Waals surface area contributed by atoms with Crippen molar-refractivity contribution in [2.24, 2.45) is 0 Å². The number of anilines is 1. The summed E-state index contributed by atoms with van der Waals surface area (Å²) in [6.07, 6.45) is 0. The van der Waals surface area contributed by atoms with Gasteiger partial charge in [0.1, 0.15) is 12.4 Å². The zero-order chi connectivity index (χ0) is 21.5. The Labute approximate surface area is 185 Å². The number of nitrogens with one attached hydrogen (secondary N) is 1. The van der Waals surface area contributed by atoms with E-state index in [0.717, 1.165) is 10.0 Å². The minimum atomic E-state index is -0.607. The van der Waals surface area contributed by atoms with Crippen LogP contribution in [0.2, 0.25) is 0 Å². The van der Waals surface area contributed by atoms with Crippen molar-refractivity contribution in [3.8, 4) is 11.5 Å². The van der Waals surface area contributed by atoms with Gasteiger partial charge in [0.2, 0.25) is 12.7 Å². The van der Waals surface area contributed by atoms with Crippen LogP contribution in [0.25, 0.3) is 0 Å². The van der Waals surface area contributed by atoms with Crippen LogP contribution in [0.4, 0.5) is 10.1 Å². The highest BCUT2D eigenvalue weighted by molar-refractivity contribution is 9.10. The van der Waals surface area contributed by atoms with Gasteiger partial charge in [0.15, 0.2) is 11.5 Å². The van der Waals surface area contributed by atoms with Crippen LogP contribution >= 0.6 is 15.9 Å². The first-order chi connectivity index (χ1) is 15.0. The fourth-order valence-electron chi connectivity index (χ4n) is 3.87. The van der Waals surface area contributed by atoms with Crippen LogP contribution in [-0.4, -0.2) is 30.1 Å². The topological polar surface area (TPSA) is 67.9 Å². The zero-order valence-corrected chi connectivity index (χ0v) is 17.7. The largest absolute Gasteiger partial charge is 0.454 e. The second-order valence-corrected chi connectivity index (χ2v) is 8.15. The van der Waals surface area contributed by atoms with E-state index in [1.54, 1.807) is 36.4 Å². The summed E-state index contributed by atoms with van der Waals surface area (Å²) in [6.45, 7) is -0.0691. The van der Waals surface area contributed by atoms with Crippen LogP contribution in [-0.2, 0) is 4.79 Å². The van der Waals surface area contributed by atoms with Gasteiger partial charge in [0.05, 0.1) is 6.04 Å². The molecular formula is C23H16BrFN2O4. The number of ether oxygens (including phenoxy) is 2. The van der Waals surface area contributed by atoms with Gasteiger partial charge in [-0.2, -0.15) is 0 Å². The number of fused-ring (bicyclic) bond motifs is 2. The summed E-state index contributed by atoms with van der Waals surface area (Å²) in [6, 6.07) is 15.7. The molecule has 0 radical (unpaired) electrons. The summed E-state index contributed by atoms with van der Waals surface area (Å²) in [5, 5.41) is 2.87. The number of rotatable bonds is 2. The zero-order valence-electron chi connectivity index (χ0n) is 16.1. The van der Waals surface area contributed by atoms with Gasteiger partial charge in [-0.25, -0.2) is 4.39 Å². The first-order valence-electron chi connectivity index (χ1n) is 9.55. The predicted molar refractivity (Wildman–Crippen MR) is 115 cm³/mol. The van der Waals surface area contributed by atoms with Crippen molar-refractivity contribution in [1.29, 1.82) is 0 Å². The highest BCUT2D eigenvalue weighted by atomic mass is 79.9. The van der Waals surface area contributed by atoms with Crippen molar-refractivity contribution in [2.45, 2.75) is 6.04 Å². The van der Waals surface area contributed by atoms with Crippen molar-refractivity contribution in [2.75, 3.05) is 18.7 Å². The second-order valence-electron chi connectivity index (χ2n) is 7.23. The molecule has 31 heavy (non-hydrogen) atoms. The number of benzene rings is 3. The molecule has 0 spiro atoms. The number of halogens is 2. The Morgan fingerprint density at radius 2 is 1.81 bits per heavy atom. The average Bonchev–Trinajstić information content (AvgIpc) is 3.18. The molecule has 3 aromatic carbocycles. The van der Waals surface area contributed by atoms with E-state index in [1.165, 1.54) is 17.0 Å². The molecule has 8 heteroatoms. The van der Waals surface area contributed by atoms with Crippen LogP contribution in [0.1, 0.15) is 27.5 Å². The third-order valence-electron chi connectivity index (χ3n) is 5.27. The fourth-order valence-corrected chi connectivity index (χ4v) is 4.25. The van der Waals surface area contributed by atoms with Crippen LogP contribution < -0.4 is 14.8 Å². The Kier molecular flexibility index (Phi) is 4.86. The highest BCUT2D eigenvalue weighted by Crippen LogP contribution is 2.39. The molecule has 0 fully saturated rings. The standard InChI is InChI=1S/C23H16BrFN2O4/c24-15-4-7-18-17(10-15)22(13-1-5-16(25)6-2-13)27(11-21(28)26-18)23(29)14-3-8-19-20(9-14)31-12-30-19/h1-10,22H,11-12H2,(H,26,28)/t22-/m1/s1. The smallest absolute Gasteiger partial charge is 0.255 e. The van der Waals surface area contributed by atoms with Crippen molar-refractivity contribution in [3.63, 3.8) is 0 Å². The summed E-state index contributed by atoms with van der Waals surface area (Å²) < 4.78 is 25.1. The first kappa shape index (κ1) is 19.6. The Balaban J connectivity index is 1.65. The third-order valence-corrected chi connectivity index (χ3v) is 5.77. The Bertz CT molecular complexity index is 1200. The van der Waals surface area contributed by atoms with Gasteiger partial charge in [0, 0.05) is 21.3 Å². The van der Waals surface area contributed by atoms with E-state index < -0.39 is 6.04 Å². The first-order valence-corrected chi connectivity index (χ1v) is 10.3. The maximum atomic E-state index is 13.6. The molecular weight excluding hydrogens is 467 g/mol. The van der Waals surface area contributed by atoms with Crippen molar-refractivity contribution in [1.82, 2.24) is 4.90 Å². The molecule has 2 heterocycles. The summed E-state index contributed by atoms with van der Waals surface area (Å²) in [5.41, 5.74) is 2.37. The summed E-state index contributed by atoms with van der Waals surface area (Å²) in [7, 11) is 0. The number of hydrogen-bond acceptors (Lipinski definition) is 4. The third kappa shape index (κ3) is 3.63. The molecule has 1 atom stereocenters. The summed E-state index contributed by atoms with van der Waals surface area (Å²) in [4.78, 5) is 27.8. The molecule has 0 saturated carbocycles. The summed E-state index contributed by atoms with van der Waals surface area (Å²) in [5.74, 6) is -0.00585. The monoisotopic (exact) mass is 482 g/mol. The van der Waals surface area contributed by atoms with Crippen molar-refractivity contribution < 1.29 is 23.5 Å². The normalized spacial score (nSPS) is 17.0. The number of hydrogen-bond donors (Lipinski definition) is 1. The Morgan fingerprint density at radius 1 is 1.03 bits per heavy atom. The van der Waals surface area contributed by atoms with E-state index >= 15 is 0 Å². The lowest BCUT2D eigenvalue weighted by molar-refractivity contribution is -0.117. The highest BCUT2D eigenvalue weighted by Gasteiger charge is 2.34. The minimum absolute atomic E-state index is 0.0959. The molecule has 156 valence electrons. The predicted octanol–water partition coefficient (Wildman–Crippen LogP) is 4.50. The lowest BCUT2D eigenvalue weighted by Crippen LogP contribution is -2.39. The number of carbonyl (C=O) groups excluding carboxylic acids is 2. The molecule has 0 aliphatic carbocycles. The minimum Gasteiger partial charge on any atom is -0.454 e. The summed E-state index contributed by atoms with van der Waals surface area (Å²) >= 11 is 3.47. The van der Waals surface area contributed by atoms with Crippen molar-refractivity contribution in [3.05, 3.63) is 87.6 Å². The van der Waals surface area contributed by atoms with Crippen LogP contribution in [0, 0.1) is 5.82 Å². The molecule has 1 N–H and O–H groups in total. The maximum absolute atomic E-state index is 13.6. The van der Waals surface area contributed by atoms with Gasteiger partial charge >= 0.3 is 0 Å². The van der Waals surface area contributed by atoms with Gasteiger partial charge in [-0.05, 0) is 54.1 Å². The number of nitrogens with zero attached hydrogens (tertiary/aromatic N) is 1. The van der Waals surface area contributed by atoms with E-state index in [1.807, 2.05) is 12.1 Å². The van der Waals surface area contributed by atoms with E-state index in [4.69, 9.17) is 9.47 Å². The van der Waals surface area contributed by atoms with E-state index in [9.17, 15) is 14.0 Å². The fraction of sp³-hybridized carbons (Fsp3) is 0.130. The van der Waals surface area contributed by atoms with Gasteiger partial charge in [-0.1, -0.05) is 28.1 Å². The molecule has 2 aliphatic rings. The maximum Gasteiger partial charge on any atom is 0.255 e. The van der Waals surface area contributed by atoms with Crippen molar-refractivity contribution >= 4 is 33.4 Å². The SMILES string of the molecule is O=C1CN(C(=O)c2ccc3c(c2)OCO3)[C@H](c2ccc(F)cc2)c2cc(Br)ccc2N1. The number of carbonyl (C=O) groups is 2. The van der Waals surface area contributed by atoms with Gasteiger partial charge < -0.3 is 19.7 Å². The van der Waals surface area contributed by atoms with Gasteiger partial charge in [0.25, 0.3) is 5.91 Å². The van der Waals surface area contributed by atoms with Gasteiger partial charge in [-0.3, -0.25) is 9.59 Å². The van der Waals surface area contributed by atoms with E-state index in [0.29, 0.717) is 28.3 Å². The molecule has 5 rings (SSSR count). The molecule has 2 aliphatic heterocycles. The quantitative estimate of drug-likeness (QED) is 0.583. The van der Waals surface area contributed by atoms with Crippen LogP contribution in [0.15, 0.2) is 65.1 Å². The second kappa shape index (κ2) is 7.70. The molecule has 0 bridgehead atoms. The lowest BCUT2D eigenvalue weighted by atomic mass is 9.95. The molecule has 6 nitrogen and oxygen atoms in total. The molecule has 2 amide bonds. The molecule has 3 aromatic rings. The molecule has 0 aromatic heterocycles. The molecule has 0 unspecified atom stereocenters. The van der Waals surface area contributed by atoms with E-state index in [-0.39, 0.29) is 31.0 Å². The van der Waals surface area contributed by atoms with Crippen LogP contribution in [0.3, 0.4) is 0 Å². The lowest BCUT2D eigenvalue weighted by Gasteiger charge is -2.31.